The van der Waals surface area contributed by atoms with Crippen LogP contribution in [0.5, 0.6) is 5.75 Å². The molecule has 2 rings (SSSR count). The van der Waals surface area contributed by atoms with Gasteiger partial charge in [-0.2, -0.15) is 0 Å². The van der Waals surface area contributed by atoms with Gasteiger partial charge in [-0.1, -0.05) is 23.7 Å². The van der Waals surface area contributed by atoms with E-state index < -0.39 is 5.97 Å². The van der Waals surface area contributed by atoms with E-state index in [0.29, 0.717) is 18.3 Å². The number of methoxy groups -OCH3 is 2. The fraction of sp³-hybridized carbons (Fsp3) is 0.474. The molecule has 0 bridgehead atoms. The van der Waals surface area contributed by atoms with Crippen LogP contribution < -0.4 is 4.74 Å². The molecule has 0 amide bonds. The Bertz CT molecular complexity index is 662. The predicted molar refractivity (Wildman–Crippen MR) is 94.4 cm³/mol. The number of nitrogens with zero attached hydrogens (tertiary/aromatic N) is 1. The summed E-state index contributed by atoms with van der Waals surface area (Å²) in [5.74, 6) is 0.525. The van der Waals surface area contributed by atoms with Gasteiger partial charge in [0.25, 0.3) is 0 Å². The van der Waals surface area contributed by atoms with Crippen molar-refractivity contribution in [3.8, 4) is 5.75 Å². The zero-order chi connectivity index (χ0) is 18.2. The quantitative estimate of drug-likeness (QED) is 0.236. The molecule has 25 heavy (non-hydrogen) atoms. The van der Waals surface area contributed by atoms with Crippen LogP contribution in [0, 0.1) is 12.8 Å². The molecule has 0 aromatic heterocycles. The maximum Gasteiger partial charge on any atom is 0.377 e. The molecule has 1 fully saturated rings. The van der Waals surface area contributed by atoms with E-state index in [1.807, 2.05) is 32.0 Å². The van der Waals surface area contributed by atoms with E-state index in [0.717, 1.165) is 16.8 Å². The van der Waals surface area contributed by atoms with E-state index in [2.05, 4.69) is 5.16 Å². The lowest BCUT2D eigenvalue weighted by atomic mass is 9.86. The molecular weight excluding hydrogens is 322 g/mol. The fourth-order valence-electron chi connectivity index (χ4n) is 2.33. The average Bonchev–Trinajstić information content (AvgIpc) is 2.57. The molecule has 0 atom stereocenters. The zero-order valence-corrected chi connectivity index (χ0v) is 15.2. The van der Waals surface area contributed by atoms with Gasteiger partial charge in [0.2, 0.25) is 5.76 Å². The van der Waals surface area contributed by atoms with Crippen molar-refractivity contribution < 1.29 is 23.8 Å². The summed E-state index contributed by atoms with van der Waals surface area (Å²) in [4.78, 5) is 17.2. The maximum atomic E-state index is 11.7. The number of carbonyl (C=O) groups is 1. The van der Waals surface area contributed by atoms with Crippen LogP contribution in [0.1, 0.15) is 37.3 Å². The molecule has 1 aliphatic rings. The highest BCUT2D eigenvalue weighted by Gasteiger charge is 2.18. The van der Waals surface area contributed by atoms with Crippen molar-refractivity contribution >= 4 is 11.7 Å². The van der Waals surface area contributed by atoms with E-state index in [1.165, 1.54) is 39.7 Å². The van der Waals surface area contributed by atoms with Gasteiger partial charge in [0, 0.05) is 5.56 Å². The Kier molecular flexibility index (Phi) is 6.86. The standard InChI is InChI=1S/C19H25NO5/c1-13-8-9-16(14(2)20-24-11-15-6-5-7-15)10-17(13)25-18(12-22-3)19(21)23-4/h8-10,12,15H,5-7,11H2,1-4H3/b18-12-,20-14+. The molecule has 1 aliphatic carbocycles. The number of aryl methyl sites for hydroxylation is 1. The highest BCUT2D eigenvalue weighted by molar-refractivity contribution is 5.98. The number of rotatable bonds is 8. The zero-order valence-electron chi connectivity index (χ0n) is 15.2. The van der Waals surface area contributed by atoms with Gasteiger partial charge in [0.05, 0.1) is 19.9 Å². The minimum absolute atomic E-state index is 0.0268. The fourth-order valence-corrected chi connectivity index (χ4v) is 2.33. The first kappa shape index (κ1) is 18.8. The van der Waals surface area contributed by atoms with Crippen molar-refractivity contribution in [3.05, 3.63) is 41.3 Å². The van der Waals surface area contributed by atoms with Crippen molar-refractivity contribution in [2.75, 3.05) is 20.8 Å². The summed E-state index contributed by atoms with van der Waals surface area (Å²) in [6.45, 7) is 4.43. The number of ether oxygens (including phenoxy) is 3. The number of hydrogen-bond acceptors (Lipinski definition) is 6. The third-order valence-electron chi connectivity index (χ3n) is 4.17. The van der Waals surface area contributed by atoms with Crippen LogP contribution in [-0.4, -0.2) is 32.5 Å². The molecule has 0 aliphatic heterocycles. The predicted octanol–water partition coefficient (Wildman–Crippen LogP) is 3.58. The normalized spacial score (nSPS) is 15.4. The van der Waals surface area contributed by atoms with Crippen LogP contribution in [0.3, 0.4) is 0 Å². The van der Waals surface area contributed by atoms with E-state index in [9.17, 15) is 4.79 Å². The van der Waals surface area contributed by atoms with Gasteiger partial charge < -0.3 is 19.0 Å². The van der Waals surface area contributed by atoms with Gasteiger partial charge in [0.15, 0.2) is 0 Å². The van der Waals surface area contributed by atoms with E-state index in [-0.39, 0.29) is 5.76 Å². The second-order valence-electron chi connectivity index (χ2n) is 6.06. The molecule has 1 saturated carbocycles. The molecule has 0 spiro atoms. The maximum absolute atomic E-state index is 11.7. The Balaban J connectivity index is 2.11. The lowest BCUT2D eigenvalue weighted by Gasteiger charge is -2.23. The lowest BCUT2D eigenvalue weighted by molar-refractivity contribution is -0.138. The van der Waals surface area contributed by atoms with Crippen molar-refractivity contribution in [1.29, 1.82) is 0 Å². The Morgan fingerprint density at radius 2 is 2.08 bits per heavy atom. The number of hydrogen-bond donors (Lipinski definition) is 0. The molecule has 0 heterocycles. The largest absolute Gasteiger partial charge is 0.500 e. The first-order valence-corrected chi connectivity index (χ1v) is 8.32. The highest BCUT2D eigenvalue weighted by atomic mass is 16.6. The van der Waals surface area contributed by atoms with E-state index >= 15 is 0 Å². The van der Waals surface area contributed by atoms with Crippen LogP contribution >= 0.6 is 0 Å². The van der Waals surface area contributed by atoms with Crippen LogP contribution in [0.25, 0.3) is 0 Å². The van der Waals surface area contributed by atoms with Gasteiger partial charge in [-0.25, -0.2) is 4.79 Å². The number of benzene rings is 1. The summed E-state index contributed by atoms with van der Waals surface area (Å²) in [5, 5.41) is 4.18. The average molecular weight is 347 g/mol. The second kappa shape index (κ2) is 9.11. The van der Waals surface area contributed by atoms with Gasteiger partial charge in [0.1, 0.15) is 18.6 Å². The Hall–Kier alpha value is -2.50. The van der Waals surface area contributed by atoms with Gasteiger partial charge >= 0.3 is 5.97 Å². The third kappa shape index (κ3) is 5.24. The summed E-state index contributed by atoms with van der Waals surface area (Å²) in [6.07, 6.45) is 4.94. The highest BCUT2D eigenvalue weighted by Crippen LogP contribution is 2.26. The summed E-state index contributed by atoms with van der Waals surface area (Å²) >= 11 is 0. The third-order valence-corrected chi connectivity index (χ3v) is 4.17. The van der Waals surface area contributed by atoms with Crippen molar-refractivity contribution in [1.82, 2.24) is 0 Å². The molecule has 1 aromatic carbocycles. The molecule has 6 heteroatoms. The topological polar surface area (TPSA) is 66.3 Å². The number of oxime groups is 1. The van der Waals surface area contributed by atoms with E-state index in [1.54, 1.807) is 0 Å². The first-order valence-electron chi connectivity index (χ1n) is 8.32. The summed E-state index contributed by atoms with van der Waals surface area (Å²) in [5.41, 5.74) is 2.48. The van der Waals surface area contributed by atoms with Gasteiger partial charge in [-0.05, 0) is 44.2 Å². The number of carbonyl (C=O) groups excluding carboxylic acids is 1. The summed E-state index contributed by atoms with van der Waals surface area (Å²) in [7, 11) is 2.72. The Labute approximate surface area is 148 Å². The Morgan fingerprint density at radius 1 is 1.32 bits per heavy atom. The van der Waals surface area contributed by atoms with Gasteiger partial charge in [-0.15, -0.1) is 0 Å². The van der Waals surface area contributed by atoms with Crippen molar-refractivity contribution in [3.63, 3.8) is 0 Å². The van der Waals surface area contributed by atoms with Crippen LogP contribution in [0.2, 0.25) is 0 Å². The van der Waals surface area contributed by atoms with Gasteiger partial charge in [-0.3, -0.25) is 0 Å². The number of esters is 1. The summed E-state index contributed by atoms with van der Waals surface area (Å²) < 4.78 is 15.2. The first-order chi connectivity index (χ1) is 12.0. The van der Waals surface area contributed by atoms with Crippen LogP contribution in [0.15, 0.2) is 35.4 Å². The van der Waals surface area contributed by atoms with Crippen LogP contribution in [-0.2, 0) is 19.1 Å². The SMILES string of the molecule is CO/C=C(\Oc1cc(/C(C)=N/OCC2CCC2)ccc1C)C(=O)OC. The molecule has 0 unspecified atom stereocenters. The molecular formula is C19H25NO5. The minimum atomic E-state index is -0.610. The molecule has 6 nitrogen and oxygen atoms in total. The monoisotopic (exact) mass is 347 g/mol. The molecule has 0 saturated heterocycles. The van der Waals surface area contributed by atoms with E-state index in [4.69, 9.17) is 19.0 Å². The molecule has 1 aromatic rings. The van der Waals surface area contributed by atoms with Crippen molar-refractivity contribution in [2.24, 2.45) is 11.1 Å². The smallest absolute Gasteiger partial charge is 0.377 e. The molecule has 0 N–H and O–H groups in total. The Morgan fingerprint density at radius 3 is 2.68 bits per heavy atom. The van der Waals surface area contributed by atoms with Crippen LogP contribution in [0.4, 0.5) is 0 Å². The second-order valence-corrected chi connectivity index (χ2v) is 6.06. The molecule has 0 radical (unpaired) electrons. The summed E-state index contributed by atoms with van der Waals surface area (Å²) in [6, 6.07) is 5.65. The van der Waals surface area contributed by atoms with Crippen molar-refractivity contribution in [2.45, 2.75) is 33.1 Å². The minimum Gasteiger partial charge on any atom is -0.500 e. The lowest BCUT2D eigenvalue weighted by Crippen LogP contribution is -2.16. The molecule has 136 valence electrons.